The third-order valence-corrected chi connectivity index (χ3v) is 2.57. The Morgan fingerprint density at radius 2 is 2.31 bits per heavy atom. The van der Waals surface area contributed by atoms with Gasteiger partial charge in [0.2, 0.25) is 0 Å². The molecular weight excluding hydrogens is 162 g/mol. The number of hydrogen-bond acceptors (Lipinski definition) is 2. The summed E-state index contributed by atoms with van der Waals surface area (Å²) in [5, 5.41) is 8.58. The van der Waals surface area contributed by atoms with Crippen LogP contribution in [0.1, 0.15) is 26.7 Å². The van der Waals surface area contributed by atoms with E-state index in [9.17, 15) is 0 Å². The average Bonchev–Trinajstić information content (AvgIpc) is 2.15. The minimum atomic E-state index is -0.00181. The van der Waals surface area contributed by atoms with Gasteiger partial charge in [0.15, 0.2) is 0 Å². The van der Waals surface area contributed by atoms with Gasteiger partial charge in [-0.2, -0.15) is 0 Å². The van der Waals surface area contributed by atoms with E-state index in [-0.39, 0.29) is 6.61 Å². The maximum absolute atomic E-state index is 8.58. The van der Waals surface area contributed by atoms with Crippen molar-refractivity contribution in [3.05, 3.63) is 0 Å². The summed E-state index contributed by atoms with van der Waals surface area (Å²) in [4.78, 5) is 2.46. The largest absolute Gasteiger partial charge is 0.384 e. The molecule has 2 heteroatoms. The molecule has 0 bridgehead atoms. The molecule has 1 aliphatic heterocycles. The van der Waals surface area contributed by atoms with E-state index >= 15 is 0 Å². The van der Waals surface area contributed by atoms with E-state index in [2.05, 4.69) is 30.6 Å². The molecule has 13 heavy (non-hydrogen) atoms. The average molecular weight is 181 g/mol. The lowest BCUT2D eigenvalue weighted by molar-refractivity contribution is 0.161. The molecule has 1 aliphatic rings. The number of nitrogens with zero attached hydrogens (tertiary/aromatic N) is 1. The molecule has 0 aromatic heterocycles. The van der Waals surface area contributed by atoms with Crippen LogP contribution in [0.4, 0.5) is 0 Å². The topological polar surface area (TPSA) is 23.5 Å². The molecule has 0 saturated carbocycles. The SMILES string of the molecule is CC(C)N1CCCC(C#CCO)C1. The fourth-order valence-corrected chi connectivity index (χ4v) is 1.78. The standard InChI is InChI=1S/C11H19NO/c1-10(2)12-7-3-5-11(9-12)6-4-8-13/h10-11,13H,3,5,7-9H2,1-2H3. The molecule has 0 aromatic carbocycles. The second-order valence-corrected chi connectivity index (χ2v) is 3.91. The Morgan fingerprint density at radius 3 is 2.92 bits per heavy atom. The van der Waals surface area contributed by atoms with Crippen LogP contribution in [0.2, 0.25) is 0 Å². The molecular formula is C11H19NO. The highest BCUT2D eigenvalue weighted by Crippen LogP contribution is 2.17. The van der Waals surface area contributed by atoms with E-state index in [1.165, 1.54) is 19.4 Å². The van der Waals surface area contributed by atoms with Crippen molar-refractivity contribution in [3.8, 4) is 11.8 Å². The minimum absolute atomic E-state index is 0.00181. The van der Waals surface area contributed by atoms with Gasteiger partial charge >= 0.3 is 0 Å². The Kier molecular flexibility index (Phi) is 4.27. The van der Waals surface area contributed by atoms with Crippen LogP contribution in [-0.2, 0) is 0 Å². The first kappa shape index (κ1) is 10.6. The molecule has 74 valence electrons. The summed E-state index contributed by atoms with van der Waals surface area (Å²) in [5.41, 5.74) is 0. The van der Waals surface area contributed by atoms with Crippen molar-refractivity contribution in [3.63, 3.8) is 0 Å². The second kappa shape index (κ2) is 5.26. The van der Waals surface area contributed by atoms with E-state index in [4.69, 9.17) is 5.11 Å². The molecule has 1 heterocycles. The molecule has 0 radical (unpaired) electrons. The number of likely N-dealkylation sites (tertiary alicyclic amines) is 1. The maximum atomic E-state index is 8.58. The first-order valence-corrected chi connectivity index (χ1v) is 5.07. The molecule has 1 fully saturated rings. The lowest BCUT2D eigenvalue weighted by Gasteiger charge is -2.33. The van der Waals surface area contributed by atoms with Gasteiger partial charge in [-0.1, -0.05) is 11.8 Å². The molecule has 0 amide bonds. The Labute approximate surface area is 80.9 Å². The van der Waals surface area contributed by atoms with Gasteiger partial charge in [0.25, 0.3) is 0 Å². The quantitative estimate of drug-likeness (QED) is 0.612. The molecule has 1 N–H and O–H groups in total. The lowest BCUT2D eigenvalue weighted by atomic mass is 9.98. The third-order valence-electron chi connectivity index (χ3n) is 2.57. The van der Waals surface area contributed by atoms with Crippen molar-refractivity contribution in [2.75, 3.05) is 19.7 Å². The van der Waals surface area contributed by atoms with Crippen LogP contribution in [0.5, 0.6) is 0 Å². The number of piperidine rings is 1. The predicted octanol–water partition coefficient (Wildman–Crippen LogP) is 1.10. The number of aliphatic hydroxyl groups is 1. The summed E-state index contributed by atoms with van der Waals surface area (Å²) in [5.74, 6) is 6.35. The van der Waals surface area contributed by atoms with Gasteiger partial charge in [0.05, 0.1) is 0 Å². The van der Waals surface area contributed by atoms with Crippen molar-refractivity contribution in [1.29, 1.82) is 0 Å². The highest BCUT2D eigenvalue weighted by atomic mass is 16.2. The van der Waals surface area contributed by atoms with Crippen LogP contribution in [0.3, 0.4) is 0 Å². The molecule has 1 unspecified atom stereocenters. The van der Waals surface area contributed by atoms with Gasteiger partial charge in [0, 0.05) is 18.5 Å². The molecule has 1 rings (SSSR count). The zero-order valence-electron chi connectivity index (χ0n) is 8.58. The summed E-state index contributed by atoms with van der Waals surface area (Å²) in [6.45, 7) is 6.72. The van der Waals surface area contributed by atoms with Gasteiger partial charge in [0.1, 0.15) is 6.61 Å². The van der Waals surface area contributed by atoms with Crippen molar-refractivity contribution >= 4 is 0 Å². The number of hydrogen-bond donors (Lipinski definition) is 1. The number of aliphatic hydroxyl groups excluding tert-OH is 1. The van der Waals surface area contributed by atoms with Crippen LogP contribution in [0.15, 0.2) is 0 Å². The van der Waals surface area contributed by atoms with E-state index in [1.54, 1.807) is 0 Å². The van der Waals surface area contributed by atoms with Gasteiger partial charge < -0.3 is 5.11 Å². The Hall–Kier alpha value is -0.520. The van der Waals surface area contributed by atoms with Crippen LogP contribution < -0.4 is 0 Å². The molecule has 1 saturated heterocycles. The summed E-state index contributed by atoms with van der Waals surface area (Å²) >= 11 is 0. The second-order valence-electron chi connectivity index (χ2n) is 3.91. The van der Waals surface area contributed by atoms with Crippen LogP contribution in [0, 0.1) is 17.8 Å². The number of rotatable bonds is 1. The molecule has 0 aromatic rings. The fourth-order valence-electron chi connectivity index (χ4n) is 1.78. The van der Waals surface area contributed by atoms with Crippen LogP contribution >= 0.6 is 0 Å². The summed E-state index contributed by atoms with van der Waals surface area (Å²) in [6, 6.07) is 0.624. The maximum Gasteiger partial charge on any atom is 0.104 e. The van der Waals surface area contributed by atoms with E-state index < -0.39 is 0 Å². The first-order valence-electron chi connectivity index (χ1n) is 5.07. The summed E-state index contributed by atoms with van der Waals surface area (Å²) in [7, 11) is 0. The smallest absolute Gasteiger partial charge is 0.104 e. The Balaban J connectivity index is 2.42. The Bertz CT molecular complexity index is 202. The van der Waals surface area contributed by atoms with E-state index in [0.717, 1.165) is 6.54 Å². The zero-order chi connectivity index (χ0) is 9.68. The van der Waals surface area contributed by atoms with Gasteiger partial charge in [-0.25, -0.2) is 0 Å². The predicted molar refractivity (Wildman–Crippen MR) is 54.3 cm³/mol. The van der Waals surface area contributed by atoms with Crippen molar-refractivity contribution in [1.82, 2.24) is 4.90 Å². The Morgan fingerprint density at radius 1 is 1.54 bits per heavy atom. The molecule has 0 spiro atoms. The molecule has 2 nitrogen and oxygen atoms in total. The van der Waals surface area contributed by atoms with Gasteiger partial charge in [-0.15, -0.1) is 0 Å². The van der Waals surface area contributed by atoms with Crippen molar-refractivity contribution in [2.45, 2.75) is 32.7 Å². The highest BCUT2D eigenvalue weighted by molar-refractivity contribution is 5.05. The first-order chi connectivity index (χ1) is 6.24. The minimum Gasteiger partial charge on any atom is -0.384 e. The van der Waals surface area contributed by atoms with Crippen LogP contribution in [0.25, 0.3) is 0 Å². The van der Waals surface area contributed by atoms with Crippen molar-refractivity contribution < 1.29 is 5.11 Å². The highest BCUT2D eigenvalue weighted by Gasteiger charge is 2.19. The van der Waals surface area contributed by atoms with Crippen molar-refractivity contribution in [2.24, 2.45) is 5.92 Å². The fraction of sp³-hybridized carbons (Fsp3) is 0.818. The molecule has 1 atom stereocenters. The third kappa shape index (κ3) is 3.38. The summed E-state index contributed by atoms with van der Waals surface area (Å²) in [6.07, 6.45) is 2.43. The van der Waals surface area contributed by atoms with E-state index in [1.807, 2.05) is 0 Å². The summed E-state index contributed by atoms with van der Waals surface area (Å²) < 4.78 is 0. The monoisotopic (exact) mass is 181 g/mol. The lowest BCUT2D eigenvalue weighted by Crippen LogP contribution is -2.39. The molecule has 0 aliphatic carbocycles. The van der Waals surface area contributed by atoms with Gasteiger partial charge in [-0.3, -0.25) is 4.90 Å². The van der Waals surface area contributed by atoms with Gasteiger partial charge in [-0.05, 0) is 33.2 Å². The normalized spacial score (nSPS) is 24.2. The van der Waals surface area contributed by atoms with Crippen LogP contribution in [-0.4, -0.2) is 35.7 Å². The zero-order valence-corrected chi connectivity index (χ0v) is 8.58. The van der Waals surface area contributed by atoms with E-state index in [0.29, 0.717) is 12.0 Å².